The van der Waals surface area contributed by atoms with E-state index in [-0.39, 0.29) is 5.97 Å². The number of carbonyl (C=O) groups is 1. The molecule has 0 N–H and O–H groups in total. The Morgan fingerprint density at radius 1 is 1.22 bits per heavy atom. The lowest BCUT2D eigenvalue weighted by molar-refractivity contribution is -0.142. The molecule has 0 atom stereocenters. The summed E-state index contributed by atoms with van der Waals surface area (Å²) >= 11 is 0. The standard InChI is InChI=1S/C15H20N6O2/c1-23-14(22)10-19-6-8-20(9-7-19)13-5-4-12-16-17-15(11-2-3-11)21(12)18-13/h4-5,11H,2-3,6-10H2,1H3. The molecule has 1 saturated carbocycles. The molecule has 2 aliphatic rings. The van der Waals surface area contributed by atoms with Crippen molar-refractivity contribution in [1.29, 1.82) is 0 Å². The molecule has 0 amide bonds. The van der Waals surface area contributed by atoms with E-state index >= 15 is 0 Å². The molecule has 8 heteroatoms. The van der Waals surface area contributed by atoms with Crippen molar-refractivity contribution in [2.75, 3.05) is 44.7 Å². The van der Waals surface area contributed by atoms with Gasteiger partial charge in [-0.1, -0.05) is 0 Å². The predicted octanol–water partition coefficient (Wildman–Crippen LogP) is 0.297. The number of anilines is 1. The largest absolute Gasteiger partial charge is 0.468 e. The highest BCUT2D eigenvalue weighted by atomic mass is 16.5. The number of esters is 1. The average Bonchev–Trinajstić information content (AvgIpc) is 3.34. The van der Waals surface area contributed by atoms with Crippen molar-refractivity contribution >= 4 is 17.4 Å². The molecule has 1 aliphatic carbocycles. The van der Waals surface area contributed by atoms with Gasteiger partial charge in [-0.2, -0.15) is 4.52 Å². The first-order chi connectivity index (χ1) is 11.2. The zero-order valence-electron chi connectivity index (χ0n) is 13.2. The van der Waals surface area contributed by atoms with Gasteiger partial charge in [-0.25, -0.2) is 0 Å². The van der Waals surface area contributed by atoms with Crippen LogP contribution in [0.1, 0.15) is 24.6 Å². The van der Waals surface area contributed by atoms with Crippen LogP contribution in [0.5, 0.6) is 0 Å². The van der Waals surface area contributed by atoms with E-state index in [4.69, 9.17) is 9.84 Å². The monoisotopic (exact) mass is 316 g/mol. The quantitative estimate of drug-likeness (QED) is 0.751. The van der Waals surface area contributed by atoms with Gasteiger partial charge in [0.05, 0.1) is 13.7 Å². The van der Waals surface area contributed by atoms with Crippen LogP contribution in [-0.4, -0.2) is 70.5 Å². The number of piperazine rings is 1. The molecule has 1 aliphatic heterocycles. The van der Waals surface area contributed by atoms with Gasteiger partial charge in [-0.05, 0) is 25.0 Å². The van der Waals surface area contributed by atoms with E-state index in [9.17, 15) is 4.79 Å². The summed E-state index contributed by atoms with van der Waals surface area (Å²) in [6.45, 7) is 3.69. The zero-order chi connectivity index (χ0) is 15.8. The lowest BCUT2D eigenvalue weighted by Gasteiger charge is -2.34. The van der Waals surface area contributed by atoms with E-state index < -0.39 is 0 Å². The van der Waals surface area contributed by atoms with Crippen molar-refractivity contribution in [3.63, 3.8) is 0 Å². The predicted molar refractivity (Wildman–Crippen MR) is 83.4 cm³/mol. The summed E-state index contributed by atoms with van der Waals surface area (Å²) in [5.74, 6) is 2.25. The van der Waals surface area contributed by atoms with Crippen molar-refractivity contribution in [2.45, 2.75) is 18.8 Å². The van der Waals surface area contributed by atoms with Crippen LogP contribution in [0.25, 0.3) is 5.65 Å². The third-order valence-electron chi connectivity index (χ3n) is 4.49. The molecule has 0 spiro atoms. The highest BCUT2D eigenvalue weighted by Crippen LogP contribution is 2.38. The summed E-state index contributed by atoms with van der Waals surface area (Å²) in [6.07, 6.45) is 2.36. The Labute approximate surface area is 134 Å². The Bertz CT molecular complexity index is 718. The zero-order valence-corrected chi connectivity index (χ0v) is 13.2. The second kappa shape index (κ2) is 5.77. The molecular formula is C15H20N6O2. The summed E-state index contributed by atoms with van der Waals surface area (Å²) < 4.78 is 6.60. The van der Waals surface area contributed by atoms with Crippen LogP contribution in [0.3, 0.4) is 0 Å². The molecule has 2 aromatic rings. The first-order valence-electron chi connectivity index (χ1n) is 8.01. The Balaban J connectivity index is 1.47. The second-order valence-electron chi connectivity index (χ2n) is 6.13. The van der Waals surface area contributed by atoms with Crippen LogP contribution in [0, 0.1) is 0 Å². The number of carbonyl (C=O) groups excluding carboxylic acids is 1. The highest BCUT2D eigenvalue weighted by Gasteiger charge is 2.29. The Kier molecular flexibility index (Phi) is 3.60. The van der Waals surface area contributed by atoms with E-state index in [1.165, 1.54) is 20.0 Å². The molecule has 122 valence electrons. The number of hydrogen-bond acceptors (Lipinski definition) is 7. The van der Waals surface area contributed by atoms with Crippen molar-refractivity contribution in [3.8, 4) is 0 Å². The lowest BCUT2D eigenvalue weighted by atomic mass is 10.3. The fraction of sp³-hybridized carbons (Fsp3) is 0.600. The SMILES string of the molecule is COC(=O)CN1CCN(c2ccc3nnc(C4CC4)n3n2)CC1. The summed E-state index contributed by atoms with van der Waals surface area (Å²) in [6, 6.07) is 3.97. The van der Waals surface area contributed by atoms with Crippen molar-refractivity contribution < 1.29 is 9.53 Å². The molecular weight excluding hydrogens is 296 g/mol. The Morgan fingerprint density at radius 3 is 2.70 bits per heavy atom. The van der Waals surface area contributed by atoms with Crippen molar-refractivity contribution in [1.82, 2.24) is 24.7 Å². The topological polar surface area (TPSA) is 75.9 Å². The lowest BCUT2D eigenvalue weighted by Crippen LogP contribution is -2.48. The maximum absolute atomic E-state index is 11.3. The molecule has 2 fully saturated rings. The third kappa shape index (κ3) is 2.86. The van der Waals surface area contributed by atoms with Crippen LogP contribution < -0.4 is 4.90 Å². The molecule has 3 heterocycles. The second-order valence-corrected chi connectivity index (χ2v) is 6.13. The summed E-state index contributed by atoms with van der Waals surface area (Å²) in [7, 11) is 1.42. The van der Waals surface area contributed by atoms with Crippen LogP contribution in [0.4, 0.5) is 5.82 Å². The normalized spacial score (nSPS) is 19.3. The van der Waals surface area contributed by atoms with Gasteiger partial charge in [0, 0.05) is 32.1 Å². The smallest absolute Gasteiger partial charge is 0.319 e. The number of ether oxygens (including phenoxy) is 1. The van der Waals surface area contributed by atoms with Crippen LogP contribution >= 0.6 is 0 Å². The minimum atomic E-state index is -0.184. The van der Waals surface area contributed by atoms with Gasteiger partial charge < -0.3 is 9.64 Å². The highest BCUT2D eigenvalue weighted by molar-refractivity contribution is 5.71. The first kappa shape index (κ1) is 14.4. The summed E-state index contributed by atoms with van der Waals surface area (Å²) in [5, 5.41) is 13.2. The van der Waals surface area contributed by atoms with Gasteiger partial charge in [-0.3, -0.25) is 9.69 Å². The van der Waals surface area contributed by atoms with Gasteiger partial charge in [0.15, 0.2) is 11.5 Å². The minimum absolute atomic E-state index is 0.184. The minimum Gasteiger partial charge on any atom is -0.468 e. The average molecular weight is 316 g/mol. The molecule has 0 unspecified atom stereocenters. The summed E-state index contributed by atoms with van der Waals surface area (Å²) in [4.78, 5) is 15.7. The maximum Gasteiger partial charge on any atom is 0.319 e. The first-order valence-corrected chi connectivity index (χ1v) is 8.01. The molecule has 0 aromatic carbocycles. The Morgan fingerprint density at radius 2 is 2.00 bits per heavy atom. The van der Waals surface area contributed by atoms with E-state index in [1.807, 2.05) is 16.6 Å². The van der Waals surface area contributed by atoms with Gasteiger partial charge in [-0.15, -0.1) is 15.3 Å². The maximum atomic E-state index is 11.3. The van der Waals surface area contributed by atoms with Gasteiger partial charge in [0.2, 0.25) is 0 Å². The molecule has 4 rings (SSSR count). The molecule has 2 aromatic heterocycles. The van der Waals surface area contributed by atoms with E-state index in [0.29, 0.717) is 12.5 Å². The molecule has 8 nitrogen and oxygen atoms in total. The molecule has 1 saturated heterocycles. The third-order valence-corrected chi connectivity index (χ3v) is 4.49. The van der Waals surface area contributed by atoms with E-state index in [0.717, 1.165) is 43.5 Å². The number of rotatable bonds is 4. The van der Waals surface area contributed by atoms with Gasteiger partial charge >= 0.3 is 5.97 Å². The van der Waals surface area contributed by atoms with Crippen LogP contribution in [0.2, 0.25) is 0 Å². The van der Waals surface area contributed by atoms with E-state index in [2.05, 4.69) is 20.0 Å². The number of hydrogen-bond donors (Lipinski definition) is 0. The fourth-order valence-electron chi connectivity index (χ4n) is 2.94. The van der Waals surface area contributed by atoms with Crippen molar-refractivity contribution in [2.24, 2.45) is 0 Å². The Hall–Kier alpha value is -2.22. The van der Waals surface area contributed by atoms with Crippen LogP contribution in [0.15, 0.2) is 12.1 Å². The van der Waals surface area contributed by atoms with Crippen LogP contribution in [-0.2, 0) is 9.53 Å². The number of fused-ring (bicyclic) bond motifs is 1. The number of aromatic nitrogens is 4. The van der Waals surface area contributed by atoms with Gasteiger partial charge in [0.25, 0.3) is 0 Å². The number of methoxy groups -OCH3 is 1. The molecule has 0 radical (unpaired) electrons. The fourth-order valence-corrected chi connectivity index (χ4v) is 2.94. The summed E-state index contributed by atoms with van der Waals surface area (Å²) in [5.41, 5.74) is 0.806. The molecule has 23 heavy (non-hydrogen) atoms. The number of nitrogens with zero attached hydrogens (tertiary/aromatic N) is 6. The van der Waals surface area contributed by atoms with Gasteiger partial charge in [0.1, 0.15) is 5.82 Å². The molecule has 0 bridgehead atoms. The van der Waals surface area contributed by atoms with E-state index in [1.54, 1.807) is 0 Å². The van der Waals surface area contributed by atoms with Crippen molar-refractivity contribution in [3.05, 3.63) is 18.0 Å².